The van der Waals surface area contributed by atoms with E-state index in [1.807, 2.05) is 19.1 Å². The summed E-state index contributed by atoms with van der Waals surface area (Å²) in [5.74, 6) is 0.538. The summed E-state index contributed by atoms with van der Waals surface area (Å²) in [5, 5.41) is 6.78. The fourth-order valence-corrected chi connectivity index (χ4v) is 1.64. The third-order valence-electron chi connectivity index (χ3n) is 2.53. The van der Waals surface area contributed by atoms with Crippen molar-refractivity contribution in [2.45, 2.75) is 13.3 Å². The van der Waals surface area contributed by atoms with E-state index in [9.17, 15) is 4.79 Å². The lowest BCUT2D eigenvalue weighted by Crippen LogP contribution is -2.11. The molecule has 0 aliphatic rings. The van der Waals surface area contributed by atoms with Crippen molar-refractivity contribution in [2.24, 2.45) is 7.05 Å². The fraction of sp³-hybridized carbons (Fsp3) is 0.286. The molecule has 0 saturated heterocycles. The number of carbonyl (C=O) groups excluding carboxylic acids is 1. The zero-order valence-electron chi connectivity index (χ0n) is 11.1. The van der Waals surface area contributed by atoms with Gasteiger partial charge in [-0.3, -0.25) is 9.48 Å². The number of nitrogens with one attached hydrogen (secondary N) is 1. The molecule has 0 aliphatic carbocycles. The van der Waals surface area contributed by atoms with Crippen molar-refractivity contribution < 1.29 is 9.53 Å². The van der Waals surface area contributed by atoms with Crippen LogP contribution in [0.4, 0.5) is 5.69 Å². The second kappa shape index (κ2) is 6.04. The number of amides is 1. The van der Waals surface area contributed by atoms with Gasteiger partial charge < -0.3 is 10.1 Å². The molecule has 1 aromatic heterocycles. The first kappa shape index (κ1) is 13.1. The Morgan fingerprint density at radius 2 is 2.32 bits per heavy atom. The van der Waals surface area contributed by atoms with Crippen LogP contribution in [-0.4, -0.2) is 22.3 Å². The summed E-state index contributed by atoms with van der Waals surface area (Å²) < 4.78 is 7.14. The average Bonchev–Trinajstić information content (AvgIpc) is 2.82. The number of anilines is 1. The standard InChI is InChI=1S/C14H17N3O2/c1-3-7-19-13-6-4-5-11(8-13)14(18)16-12-9-15-17(2)10-12/h4-6,8-10H,3,7H2,1-2H3,(H,16,18). The number of benzene rings is 1. The molecule has 100 valence electrons. The van der Waals surface area contributed by atoms with E-state index in [0.717, 1.165) is 6.42 Å². The lowest BCUT2D eigenvalue weighted by atomic mass is 10.2. The predicted octanol–water partition coefficient (Wildman–Crippen LogP) is 2.46. The predicted molar refractivity (Wildman–Crippen MR) is 73.4 cm³/mol. The Morgan fingerprint density at radius 3 is 3.00 bits per heavy atom. The average molecular weight is 259 g/mol. The van der Waals surface area contributed by atoms with Gasteiger partial charge in [0.05, 0.1) is 18.5 Å². The Kier molecular flexibility index (Phi) is 4.18. The quantitative estimate of drug-likeness (QED) is 0.897. The van der Waals surface area contributed by atoms with E-state index >= 15 is 0 Å². The van der Waals surface area contributed by atoms with Crippen LogP contribution >= 0.6 is 0 Å². The molecular formula is C14H17N3O2. The van der Waals surface area contributed by atoms with Gasteiger partial charge in [0.15, 0.2) is 0 Å². The van der Waals surface area contributed by atoms with Crippen molar-refractivity contribution in [1.29, 1.82) is 0 Å². The van der Waals surface area contributed by atoms with E-state index in [-0.39, 0.29) is 5.91 Å². The van der Waals surface area contributed by atoms with Gasteiger partial charge in [-0.1, -0.05) is 13.0 Å². The van der Waals surface area contributed by atoms with E-state index in [2.05, 4.69) is 10.4 Å². The number of hydrogen-bond donors (Lipinski definition) is 1. The highest BCUT2D eigenvalue weighted by Crippen LogP contribution is 2.15. The molecule has 0 spiro atoms. The summed E-state index contributed by atoms with van der Waals surface area (Å²) >= 11 is 0. The Morgan fingerprint density at radius 1 is 1.47 bits per heavy atom. The minimum absolute atomic E-state index is 0.171. The van der Waals surface area contributed by atoms with E-state index in [0.29, 0.717) is 23.6 Å². The number of nitrogens with zero attached hydrogens (tertiary/aromatic N) is 2. The van der Waals surface area contributed by atoms with E-state index in [1.165, 1.54) is 0 Å². The minimum Gasteiger partial charge on any atom is -0.494 e. The van der Waals surface area contributed by atoms with Crippen molar-refractivity contribution >= 4 is 11.6 Å². The molecule has 0 atom stereocenters. The molecule has 2 aromatic rings. The lowest BCUT2D eigenvalue weighted by Gasteiger charge is -2.07. The van der Waals surface area contributed by atoms with Gasteiger partial charge >= 0.3 is 0 Å². The van der Waals surface area contributed by atoms with Gasteiger partial charge in [0.25, 0.3) is 5.91 Å². The molecule has 5 heteroatoms. The van der Waals surface area contributed by atoms with Gasteiger partial charge in [0, 0.05) is 18.8 Å². The molecule has 1 amide bonds. The number of aryl methyl sites for hydroxylation is 1. The molecule has 0 radical (unpaired) electrons. The highest BCUT2D eigenvalue weighted by Gasteiger charge is 2.08. The van der Waals surface area contributed by atoms with Crippen molar-refractivity contribution in [3.8, 4) is 5.75 Å². The first-order chi connectivity index (χ1) is 9.19. The Labute approximate surface area is 112 Å². The van der Waals surface area contributed by atoms with E-state index in [4.69, 9.17) is 4.74 Å². The van der Waals surface area contributed by atoms with Gasteiger partial charge in [-0.05, 0) is 24.6 Å². The molecule has 19 heavy (non-hydrogen) atoms. The van der Waals surface area contributed by atoms with Gasteiger partial charge in [0.1, 0.15) is 5.75 Å². The summed E-state index contributed by atoms with van der Waals surface area (Å²) in [4.78, 5) is 12.0. The van der Waals surface area contributed by atoms with Crippen LogP contribution in [0.15, 0.2) is 36.7 Å². The molecule has 1 heterocycles. The monoisotopic (exact) mass is 259 g/mol. The normalized spacial score (nSPS) is 10.2. The zero-order valence-corrected chi connectivity index (χ0v) is 11.1. The van der Waals surface area contributed by atoms with Crippen LogP contribution in [0.25, 0.3) is 0 Å². The molecule has 2 rings (SSSR count). The number of hydrogen-bond acceptors (Lipinski definition) is 3. The summed E-state index contributed by atoms with van der Waals surface area (Å²) in [7, 11) is 1.80. The van der Waals surface area contributed by atoms with Crippen LogP contribution in [0.2, 0.25) is 0 Å². The lowest BCUT2D eigenvalue weighted by molar-refractivity contribution is 0.102. The summed E-state index contributed by atoms with van der Waals surface area (Å²) in [6.07, 6.45) is 4.29. The van der Waals surface area contributed by atoms with Crippen LogP contribution in [0, 0.1) is 0 Å². The molecule has 0 bridgehead atoms. The highest BCUT2D eigenvalue weighted by atomic mass is 16.5. The first-order valence-corrected chi connectivity index (χ1v) is 6.22. The molecule has 0 saturated carbocycles. The molecule has 1 aromatic carbocycles. The third-order valence-corrected chi connectivity index (χ3v) is 2.53. The SMILES string of the molecule is CCCOc1cccc(C(=O)Nc2cnn(C)c2)c1. The van der Waals surface area contributed by atoms with Gasteiger partial charge in [-0.25, -0.2) is 0 Å². The summed E-state index contributed by atoms with van der Waals surface area (Å²) in [5.41, 5.74) is 1.24. The van der Waals surface area contributed by atoms with Crippen LogP contribution in [0.3, 0.4) is 0 Å². The fourth-order valence-electron chi connectivity index (χ4n) is 1.64. The molecule has 0 unspecified atom stereocenters. The molecule has 0 fully saturated rings. The maximum Gasteiger partial charge on any atom is 0.255 e. The second-order valence-electron chi connectivity index (χ2n) is 4.23. The summed E-state index contributed by atoms with van der Waals surface area (Å²) in [6.45, 7) is 2.69. The van der Waals surface area contributed by atoms with Gasteiger partial charge in [0.2, 0.25) is 0 Å². The van der Waals surface area contributed by atoms with Crippen molar-refractivity contribution in [3.05, 3.63) is 42.2 Å². The van der Waals surface area contributed by atoms with Crippen molar-refractivity contribution in [1.82, 2.24) is 9.78 Å². The van der Waals surface area contributed by atoms with Crippen LogP contribution < -0.4 is 10.1 Å². The maximum atomic E-state index is 12.0. The molecular weight excluding hydrogens is 242 g/mol. The van der Waals surface area contributed by atoms with E-state index in [1.54, 1.807) is 36.3 Å². The second-order valence-corrected chi connectivity index (χ2v) is 4.23. The van der Waals surface area contributed by atoms with Gasteiger partial charge in [-0.15, -0.1) is 0 Å². The third kappa shape index (κ3) is 3.58. The minimum atomic E-state index is -0.171. The number of aromatic nitrogens is 2. The van der Waals surface area contributed by atoms with Gasteiger partial charge in [-0.2, -0.15) is 5.10 Å². The Balaban J connectivity index is 2.06. The van der Waals surface area contributed by atoms with E-state index < -0.39 is 0 Å². The van der Waals surface area contributed by atoms with Crippen LogP contribution in [-0.2, 0) is 7.05 Å². The topological polar surface area (TPSA) is 56.1 Å². The summed E-state index contributed by atoms with van der Waals surface area (Å²) in [6, 6.07) is 7.14. The molecule has 5 nitrogen and oxygen atoms in total. The number of ether oxygens (including phenoxy) is 1. The number of rotatable bonds is 5. The van der Waals surface area contributed by atoms with Crippen LogP contribution in [0.5, 0.6) is 5.75 Å². The largest absolute Gasteiger partial charge is 0.494 e. The highest BCUT2D eigenvalue weighted by molar-refractivity contribution is 6.04. The molecule has 1 N–H and O–H groups in total. The number of carbonyl (C=O) groups is 1. The Hall–Kier alpha value is -2.30. The van der Waals surface area contributed by atoms with Crippen molar-refractivity contribution in [2.75, 3.05) is 11.9 Å². The smallest absolute Gasteiger partial charge is 0.255 e. The first-order valence-electron chi connectivity index (χ1n) is 6.22. The Bertz CT molecular complexity index is 563. The maximum absolute atomic E-state index is 12.0. The molecule has 0 aliphatic heterocycles. The zero-order chi connectivity index (χ0) is 13.7. The van der Waals surface area contributed by atoms with Crippen molar-refractivity contribution in [3.63, 3.8) is 0 Å². The van der Waals surface area contributed by atoms with Crippen LogP contribution in [0.1, 0.15) is 23.7 Å².